The molecule has 1 amide bonds. The van der Waals surface area contributed by atoms with Gasteiger partial charge in [0.1, 0.15) is 18.0 Å². The molecule has 0 saturated heterocycles. The lowest BCUT2D eigenvalue weighted by atomic mass is 10.2. The van der Waals surface area contributed by atoms with E-state index < -0.39 is 6.09 Å². The van der Waals surface area contributed by atoms with Crippen LogP contribution in [0, 0.1) is 0 Å². The number of hydrogen-bond donors (Lipinski definition) is 1. The Bertz CT molecular complexity index is 414. The maximum absolute atomic E-state index is 11.1. The maximum Gasteiger partial charge on any atom is 0.412 e. The summed E-state index contributed by atoms with van der Waals surface area (Å²) in [4.78, 5) is 11.1. The van der Waals surface area contributed by atoms with Gasteiger partial charge in [0.2, 0.25) is 0 Å². The van der Waals surface area contributed by atoms with Crippen molar-refractivity contribution in [3.8, 4) is 5.75 Å². The average Bonchev–Trinajstić information content (AvgIpc) is 2.29. The molecule has 92 valence electrons. The van der Waals surface area contributed by atoms with Crippen LogP contribution in [0.3, 0.4) is 0 Å². The summed E-state index contributed by atoms with van der Waals surface area (Å²) in [5, 5.41) is 2.41. The smallest absolute Gasteiger partial charge is 0.410 e. The van der Waals surface area contributed by atoms with Crippen LogP contribution in [0.25, 0.3) is 0 Å². The van der Waals surface area contributed by atoms with Gasteiger partial charge in [-0.15, -0.1) is 0 Å². The normalized spacial score (nSPS) is 10.8. The van der Waals surface area contributed by atoms with Gasteiger partial charge in [-0.3, -0.25) is 4.48 Å². The number of quaternary nitrogens is 1. The van der Waals surface area contributed by atoms with E-state index in [1.807, 2.05) is 24.3 Å². The molecule has 4 nitrogen and oxygen atoms in total. The number of rotatable bonds is 4. The number of nitrogens with zero attached hydrogens (tertiary/aromatic N) is 1. The quantitative estimate of drug-likeness (QED) is 0.641. The van der Waals surface area contributed by atoms with E-state index in [9.17, 15) is 4.79 Å². The second-order valence-corrected chi connectivity index (χ2v) is 4.29. The van der Waals surface area contributed by atoms with Gasteiger partial charge < -0.3 is 10.1 Å². The van der Waals surface area contributed by atoms with Gasteiger partial charge in [0.25, 0.3) is 0 Å². The summed E-state index contributed by atoms with van der Waals surface area (Å²) in [5.74, 6) is 0.539. The highest BCUT2D eigenvalue weighted by Gasteiger charge is 2.17. The van der Waals surface area contributed by atoms with Crippen LogP contribution in [-0.4, -0.2) is 33.8 Å². The zero-order valence-electron chi connectivity index (χ0n) is 10.6. The van der Waals surface area contributed by atoms with Crippen molar-refractivity contribution in [2.45, 2.75) is 0 Å². The number of amides is 1. The number of carbonyl (C=O) groups is 1. The van der Waals surface area contributed by atoms with E-state index >= 15 is 0 Å². The second kappa shape index (κ2) is 5.50. The molecule has 0 aromatic heterocycles. The van der Waals surface area contributed by atoms with Crippen molar-refractivity contribution < 1.29 is 9.53 Å². The van der Waals surface area contributed by atoms with Crippen molar-refractivity contribution >= 4 is 11.8 Å². The first-order chi connectivity index (χ1) is 7.99. The topological polar surface area (TPSA) is 38.3 Å². The summed E-state index contributed by atoms with van der Waals surface area (Å²) < 4.78 is 5.75. The molecule has 0 saturated carbocycles. The van der Waals surface area contributed by atoms with Crippen molar-refractivity contribution in [3.63, 3.8) is 0 Å². The van der Waals surface area contributed by atoms with E-state index in [-0.39, 0.29) is 0 Å². The minimum Gasteiger partial charge on any atom is -0.410 e. The summed E-state index contributed by atoms with van der Waals surface area (Å²) in [6.07, 6.45) is 1.41. The van der Waals surface area contributed by atoms with Crippen molar-refractivity contribution in [1.29, 1.82) is 0 Å². The molecule has 0 aliphatic heterocycles. The van der Waals surface area contributed by atoms with Crippen LogP contribution < -0.4 is 14.5 Å². The van der Waals surface area contributed by atoms with Gasteiger partial charge in [-0.1, -0.05) is 12.6 Å². The van der Waals surface area contributed by atoms with Crippen LogP contribution in [0.4, 0.5) is 10.5 Å². The first-order valence-electron chi connectivity index (χ1n) is 5.43. The van der Waals surface area contributed by atoms with Gasteiger partial charge in [0, 0.05) is 13.1 Å². The Morgan fingerprint density at radius 1 is 1.53 bits per heavy atom. The third-order valence-electron chi connectivity index (χ3n) is 2.52. The van der Waals surface area contributed by atoms with Crippen LogP contribution in [0.15, 0.2) is 36.9 Å². The maximum atomic E-state index is 11.1. The third-order valence-corrected chi connectivity index (χ3v) is 2.52. The lowest BCUT2D eigenvalue weighted by molar-refractivity contribution is 0.203. The second-order valence-electron chi connectivity index (χ2n) is 4.29. The Hall–Kier alpha value is -1.81. The van der Waals surface area contributed by atoms with E-state index in [4.69, 9.17) is 4.74 Å². The molecule has 0 unspecified atom stereocenters. The van der Waals surface area contributed by atoms with Crippen LogP contribution >= 0.6 is 0 Å². The largest absolute Gasteiger partial charge is 0.412 e. The molecular formula is C13H19N2O2+. The fourth-order valence-electron chi connectivity index (χ4n) is 1.51. The van der Waals surface area contributed by atoms with Gasteiger partial charge in [0.05, 0.1) is 14.1 Å². The molecule has 0 fully saturated rings. The average molecular weight is 235 g/mol. The van der Waals surface area contributed by atoms with Gasteiger partial charge in [0.15, 0.2) is 0 Å². The number of benzene rings is 1. The summed E-state index contributed by atoms with van der Waals surface area (Å²) in [5.41, 5.74) is 1.06. The number of ether oxygens (including phenoxy) is 1. The van der Waals surface area contributed by atoms with E-state index in [0.29, 0.717) is 10.2 Å². The Morgan fingerprint density at radius 2 is 2.24 bits per heavy atom. The van der Waals surface area contributed by atoms with E-state index in [1.165, 1.54) is 7.05 Å². The predicted molar refractivity (Wildman–Crippen MR) is 70.2 cm³/mol. The summed E-state index contributed by atoms with van der Waals surface area (Å²) in [6, 6.07) is 7.49. The van der Waals surface area contributed by atoms with Gasteiger partial charge in [-0.05, 0) is 18.2 Å². The van der Waals surface area contributed by atoms with Crippen LogP contribution in [-0.2, 0) is 0 Å². The first-order valence-corrected chi connectivity index (χ1v) is 5.43. The first kappa shape index (κ1) is 13.3. The Balaban J connectivity index is 2.92. The summed E-state index contributed by atoms with van der Waals surface area (Å²) in [6.45, 7) is 4.55. The summed E-state index contributed by atoms with van der Waals surface area (Å²) in [7, 11) is 5.67. The van der Waals surface area contributed by atoms with Crippen molar-refractivity contribution in [2.75, 3.05) is 27.7 Å². The highest BCUT2D eigenvalue weighted by atomic mass is 16.5. The molecule has 0 radical (unpaired) electrons. The molecule has 0 bridgehead atoms. The number of likely N-dealkylation sites (N-methyl/N-ethyl adjacent to an activating group) is 1. The van der Waals surface area contributed by atoms with Crippen LogP contribution in [0.2, 0.25) is 0 Å². The van der Waals surface area contributed by atoms with Crippen molar-refractivity contribution in [2.24, 2.45) is 0 Å². The molecule has 1 aromatic carbocycles. The Kier molecular flexibility index (Phi) is 4.29. The molecule has 4 heteroatoms. The highest BCUT2D eigenvalue weighted by molar-refractivity contribution is 5.70. The molecule has 1 aromatic rings. The van der Waals surface area contributed by atoms with E-state index in [1.54, 1.807) is 6.07 Å². The SMILES string of the molecule is C=CC[N+](C)(C)c1cccc(OC(=O)NC)c1. The zero-order chi connectivity index (χ0) is 12.9. The molecule has 17 heavy (non-hydrogen) atoms. The highest BCUT2D eigenvalue weighted by Crippen LogP contribution is 2.24. The van der Waals surface area contributed by atoms with Gasteiger partial charge >= 0.3 is 6.09 Å². The predicted octanol–water partition coefficient (Wildman–Crippen LogP) is 2.16. The van der Waals surface area contributed by atoms with Crippen molar-refractivity contribution in [1.82, 2.24) is 9.80 Å². The number of carbonyl (C=O) groups excluding carboxylic acids is 1. The minimum atomic E-state index is -0.462. The molecule has 0 heterocycles. The molecule has 0 spiro atoms. The van der Waals surface area contributed by atoms with Gasteiger partial charge in [-0.25, -0.2) is 4.79 Å². The molecule has 1 rings (SSSR count). The summed E-state index contributed by atoms with van der Waals surface area (Å²) >= 11 is 0. The number of nitrogens with one attached hydrogen (secondary N) is 1. The lowest BCUT2D eigenvalue weighted by Gasteiger charge is -2.28. The standard InChI is InChI=1S/C13H18N2O2/c1-5-9-15(3,4)11-7-6-8-12(10-11)17-13(16)14-2/h5-8,10H,1,9H2,2-4H3/p+1. The van der Waals surface area contributed by atoms with E-state index in [0.717, 1.165) is 12.2 Å². The zero-order valence-corrected chi connectivity index (χ0v) is 10.6. The third kappa shape index (κ3) is 3.60. The minimum absolute atomic E-state index is 0.462. The molecule has 0 atom stereocenters. The molecule has 0 aliphatic carbocycles. The monoisotopic (exact) mass is 235 g/mol. The lowest BCUT2D eigenvalue weighted by Crippen LogP contribution is -2.40. The Labute approximate surface area is 102 Å². The fraction of sp³-hybridized carbons (Fsp3) is 0.308. The van der Waals surface area contributed by atoms with Crippen molar-refractivity contribution in [3.05, 3.63) is 36.9 Å². The van der Waals surface area contributed by atoms with Crippen LogP contribution in [0.5, 0.6) is 5.75 Å². The Morgan fingerprint density at radius 3 is 2.82 bits per heavy atom. The number of hydrogen-bond acceptors (Lipinski definition) is 2. The van der Waals surface area contributed by atoms with Gasteiger partial charge in [-0.2, -0.15) is 0 Å². The molecule has 1 N–H and O–H groups in total. The van der Waals surface area contributed by atoms with Crippen LogP contribution in [0.1, 0.15) is 0 Å². The molecule has 0 aliphatic rings. The van der Waals surface area contributed by atoms with E-state index in [2.05, 4.69) is 26.0 Å². The molecular weight excluding hydrogens is 216 g/mol. The fourth-order valence-corrected chi connectivity index (χ4v) is 1.51.